The first kappa shape index (κ1) is 18.9. The Hall–Kier alpha value is -1.40. The highest BCUT2D eigenvalue weighted by atomic mass is 32.2. The maximum Gasteiger partial charge on any atom is 0.193 e. The summed E-state index contributed by atoms with van der Waals surface area (Å²) in [4.78, 5) is 6.76. The van der Waals surface area contributed by atoms with Gasteiger partial charge in [-0.3, -0.25) is 4.99 Å². The van der Waals surface area contributed by atoms with Crippen LogP contribution in [0.25, 0.3) is 0 Å². The van der Waals surface area contributed by atoms with E-state index in [1.807, 2.05) is 31.3 Å². The molecule has 1 aliphatic rings. The van der Waals surface area contributed by atoms with Crippen molar-refractivity contribution in [2.24, 2.45) is 4.99 Å². The Balaban J connectivity index is 1.70. The van der Waals surface area contributed by atoms with Crippen LogP contribution in [-0.4, -0.2) is 62.3 Å². The number of hydrogen-bond acceptors (Lipinski definition) is 4. The number of rotatable bonds is 7. The van der Waals surface area contributed by atoms with Crippen LogP contribution in [0.2, 0.25) is 0 Å². The van der Waals surface area contributed by atoms with Gasteiger partial charge in [0.15, 0.2) is 5.96 Å². The fourth-order valence-corrected chi connectivity index (χ4v) is 3.91. The molecule has 1 aromatic carbocycles. The van der Waals surface area contributed by atoms with Crippen molar-refractivity contribution < 1.29 is 9.47 Å². The lowest BCUT2D eigenvalue weighted by Crippen LogP contribution is -2.48. The Morgan fingerprint density at radius 2 is 2.25 bits per heavy atom. The molecular weight excluding hydrogens is 322 g/mol. The number of benzene rings is 1. The van der Waals surface area contributed by atoms with Gasteiger partial charge in [-0.05, 0) is 12.5 Å². The summed E-state index contributed by atoms with van der Waals surface area (Å²) in [5.74, 6) is 3.02. The minimum Gasteiger partial charge on any atom is -0.496 e. The molecule has 2 rings (SSSR count). The maximum atomic E-state index is 5.77. The molecule has 1 aliphatic heterocycles. The average Bonchev–Trinajstić information content (AvgIpc) is 2.65. The molecular formula is C18H29N3O2S. The highest BCUT2D eigenvalue weighted by molar-refractivity contribution is 8.00. The van der Waals surface area contributed by atoms with Crippen LogP contribution in [-0.2, 0) is 11.3 Å². The highest BCUT2D eigenvalue weighted by Crippen LogP contribution is 2.21. The van der Waals surface area contributed by atoms with Gasteiger partial charge in [0.1, 0.15) is 5.75 Å². The van der Waals surface area contributed by atoms with Gasteiger partial charge in [0, 0.05) is 43.2 Å². The summed E-state index contributed by atoms with van der Waals surface area (Å²) in [6, 6.07) is 7.95. The summed E-state index contributed by atoms with van der Waals surface area (Å²) >= 11 is 2.07. The maximum absolute atomic E-state index is 5.77. The molecule has 1 N–H and O–H groups in total. The number of thioether (sulfide) groups is 1. The predicted octanol–water partition coefficient (Wildman–Crippen LogP) is 2.61. The van der Waals surface area contributed by atoms with E-state index < -0.39 is 0 Å². The van der Waals surface area contributed by atoms with E-state index in [0.29, 0.717) is 18.5 Å². The number of methoxy groups -OCH3 is 1. The predicted molar refractivity (Wildman–Crippen MR) is 102 cm³/mol. The largest absolute Gasteiger partial charge is 0.496 e. The lowest BCUT2D eigenvalue weighted by Gasteiger charge is -2.34. The van der Waals surface area contributed by atoms with E-state index in [1.54, 1.807) is 7.11 Å². The number of hydrogen-bond donors (Lipinski definition) is 1. The smallest absolute Gasteiger partial charge is 0.193 e. The fourth-order valence-electron chi connectivity index (χ4n) is 2.73. The molecule has 0 saturated carbocycles. The molecule has 1 fully saturated rings. The molecule has 6 heteroatoms. The molecule has 0 spiro atoms. The third-order valence-corrected chi connectivity index (χ3v) is 5.46. The second-order valence-electron chi connectivity index (χ2n) is 5.69. The molecule has 0 aliphatic carbocycles. The molecule has 1 atom stereocenters. The van der Waals surface area contributed by atoms with Crippen molar-refractivity contribution in [3.8, 4) is 5.75 Å². The molecule has 1 saturated heterocycles. The van der Waals surface area contributed by atoms with Gasteiger partial charge >= 0.3 is 0 Å². The van der Waals surface area contributed by atoms with Crippen LogP contribution in [0, 0.1) is 0 Å². The number of aliphatic imine (C=N–C) groups is 1. The summed E-state index contributed by atoms with van der Waals surface area (Å²) in [7, 11) is 3.53. The van der Waals surface area contributed by atoms with Crippen LogP contribution in [0.4, 0.5) is 0 Å². The second-order valence-corrected chi connectivity index (χ2v) is 7.09. The van der Waals surface area contributed by atoms with Crippen LogP contribution in [0.15, 0.2) is 29.3 Å². The van der Waals surface area contributed by atoms with Crippen LogP contribution in [0.1, 0.15) is 18.9 Å². The Morgan fingerprint density at radius 3 is 3.00 bits per heavy atom. The van der Waals surface area contributed by atoms with Crippen LogP contribution in [0.3, 0.4) is 0 Å². The van der Waals surface area contributed by atoms with Gasteiger partial charge in [-0.15, -0.1) is 0 Å². The molecule has 0 bridgehead atoms. The molecule has 134 valence electrons. The summed E-state index contributed by atoms with van der Waals surface area (Å²) in [5.41, 5.74) is 1.07. The van der Waals surface area contributed by atoms with Crippen molar-refractivity contribution in [3.05, 3.63) is 29.8 Å². The molecule has 0 aromatic heterocycles. The Bertz CT molecular complexity index is 525. The van der Waals surface area contributed by atoms with Crippen molar-refractivity contribution in [1.29, 1.82) is 0 Å². The summed E-state index contributed by atoms with van der Waals surface area (Å²) in [5, 5.41) is 4.12. The van der Waals surface area contributed by atoms with E-state index in [-0.39, 0.29) is 0 Å². The lowest BCUT2D eigenvalue weighted by atomic mass is 10.2. The van der Waals surface area contributed by atoms with Gasteiger partial charge in [-0.25, -0.2) is 0 Å². The normalized spacial score (nSPS) is 18.5. The first-order valence-electron chi connectivity index (χ1n) is 8.55. The zero-order valence-corrected chi connectivity index (χ0v) is 15.8. The Kier molecular flexibility index (Phi) is 8.25. The minimum atomic E-state index is 0.558. The van der Waals surface area contributed by atoms with Crippen molar-refractivity contribution in [2.75, 3.05) is 46.2 Å². The number of ether oxygens (including phenoxy) is 2. The van der Waals surface area contributed by atoms with Crippen LogP contribution in [0.5, 0.6) is 5.75 Å². The number of nitrogens with zero attached hydrogens (tertiary/aromatic N) is 2. The van der Waals surface area contributed by atoms with Gasteiger partial charge in [0.25, 0.3) is 0 Å². The third kappa shape index (κ3) is 5.60. The highest BCUT2D eigenvalue weighted by Gasteiger charge is 2.21. The molecule has 1 heterocycles. The van der Waals surface area contributed by atoms with E-state index in [9.17, 15) is 0 Å². The Labute approximate surface area is 149 Å². The van der Waals surface area contributed by atoms with E-state index >= 15 is 0 Å². The number of nitrogens with one attached hydrogen (secondary N) is 1. The summed E-state index contributed by atoms with van der Waals surface area (Å²) in [6.45, 7) is 6.33. The first-order valence-corrected chi connectivity index (χ1v) is 9.60. The zero-order valence-electron chi connectivity index (χ0n) is 15.0. The van der Waals surface area contributed by atoms with Gasteiger partial charge in [-0.1, -0.05) is 25.1 Å². The molecule has 0 amide bonds. The fraction of sp³-hybridized carbons (Fsp3) is 0.611. The van der Waals surface area contributed by atoms with Crippen molar-refractivity contribution in [1.82, 2.24) is 10.2 Å². The zero-order chi connectivity index (χ0) is 17.2. The summed E-state index contributed by atoms with van der Waals surface area (Å²) in [6.07, 6.45) is 1.21. The van der Waals surface area contributed by atoms with E-state index in [4.69, 9.17) is 9.47 Å². The van der Waals surface area contributed by atoms with Crippen molar-refractivity contribution >= 4 is 17.7 Å². The monoisotopic (exact) mass is 351 g/mol. The van der Waals surface area contributed by atoms with Gasteiger partial charge in [-0.2, -0.15) is 11.8 Å². The average molecular weight is 352 g/mol. The second kappa shape index (κ2) is 10.5. The minimum absolute atomic E-state index is 0.558. The van der Waals surface area contributed by atoms with Crippen molar-refractivity contribution in [2.45, 2.75) is 25.2 Å². The first-order chi connectivity index (χ1) is 11.8. The van der Waals surface area contributed by atoms with Gasteiger partial charge in [0.05, 0.1) is 20.3 Å². The van der Waals surface area contributed by atoms with E-state index in [2.05, 4.69) is 33.9 Å². The standard InChI is InChI=1S/C18H29N3O2S/c1-4-16-13-21(10-12-24-16)18(19-2)20-9-11-23-14-15-7-5-6-8-17(15)22-3/h5-8,16H,4,9-14H2,1-3H3,(H,19,20). The Morgan fingerprint density at radius 1 is 1.42 bits per heavy atom. The quantitative estimate of drug-likeness (QED) is 0.465. The lowest BCUT2D eigenvalue weighted by molar-refractivity contribution is 0.123. The van der Waals surface area contributed by atoms with Gasteiger partial charge < -0.3 is 19.7 Å². The molecule has 1 aromatic rings. The molecule has 1 unspecified atom stereocenters. The van der Waals surface area contributed by atoms with Gasteiger partial charge in [0.2, 0.25) is 0 Å². The van der Waals surface area contributed by atoms with E-state index in [0.717, 1.165) is 36.9 Å². The topological polar surface area (TPSA) is 46.1 Å². The van der Waals surface area contributed by atoms with Crippen LogP contribution < -0.4 is 10.1 Å². The summed E-state index contributed by atoms with van der Waals surface area (Å²) < 4.78 is 11.1. The number of guanidine groups is 1. The molecule has 5 nitrogen and oxygen atoms in total. The van der Waals surface area contributed by atoms with E-state index in [1.165, 1.54) is 12.2 Å². The molecule has 24 heavy (non-hydrogen) atoms. The SMILES string of the molecule is CCC1CN(C(=NC)NCCOCc2ccccc2OC)CCS1. The molecule has 0 radical (unpaired) electrons. The third-order valence-electron chi connectivity index (χ3n) is 4.09. The number of para-hydroxylation sites is 1. The van der Waals surface area contributed by atoms with Crippen molar-refractivity contribution in [3.63, 3.8) is 0 Å². The van der Waals surface area contributed by atoms with Crippen LogP contribution >= 0.6 is 11.8 Å².